The number of halogens is 3. The molecule has 1 heterocycles. The molecule has 1 N–H and O–H groups in total. The Bertz CT molecular complexity index is 332. The highest BCUT2D eigenvalue weighted by atomic mass is 35.6. The Morgan fingerprint density at radius 3 is 2.64 bits per heavy atom. The van der Waals surface area contributed by atoms with Gasteiger partial charge in [0.05, 0.1) is 6.54 Å². The predicted octanol–water partition coefficient (Wildman–Crippen LogP) is 1.00. The summed E-state index contributed by atoms with van der Waals surface area (Å²) in [6.07, 6.45) is 0. The summed E-state index contributed by atoms with van der Waals surface area (Å²) in [5.41, 5.74) is 0. The highest BCUT2D eigenvalue weighted by Crippen LogP contribution is 2.26. The largest absolute Gasteiger partial charge is 0.288 e. The van der Waals surface area contributed by atoms with E-state index in [9.17, 15) is 4.79 Å². The van der Waals surface area contributed by atoms with E-state index in [-0.39, 0.29) is 5.95 Å². The topological polar surface area (TPSA) is 72.7 Å². The number of rotatable bonds is 2. The van der Waals surface area contributed by atoms with E-state index in [2.05, 4.69) is 20.7 Å². The van der Waals surface area contributed by atoms with Gasteiger partial charge >= 0.3 is 0 Å². The third kappa shape index (κ3) is 2.97. The van der Waals surface area contributed by atoms with E-state index < -0.39 is 9.70 Å². The molecule has 0 aliphatic heterocycles. The van der Waals surface area contributed by atoms with Gasteiger partial charge in [-0.1, -0.05) is 39.9 Å². The zero-order valence-corrected chi connectivity index (χ0v) is 9.31. The first-order valence-electron chi connectivity index (χ1n) is 3.59. The fourth-order valence-corrected chi connectivity index (χ4v) is 0.741. The van der Waals surface area contributed by atoms with Crippen LogP contribution < -0.4 is 5.32 Å². The van der Waals surface area contributed by atoms with Crippen molar-refractivity contribution in [2.24, 2.45) is 0 Å². The van der Waals surface area contributed by atoms with Crippen molar-refractivity contribution >= 4 is 46.7 Å². The molecule has 0 fully saturated rings. The zero-order valence-electron chi connectivity index (χ0n) is 7.04. The van der Waals surface area contributed by atoms with Crippen molar-refractivity contribution < 1.29 is 4.79 Å². The Hall–Kier alpha value is -0.590. The molecule has 0 atom stereocenters. The Labute approximate surface area is 94.5 Å². The SMILES string of the molecule is CCn1nnc(NC(=O)C(Cl)(Cl)Cl)n1. The molecule has 0 bridgehead atoms. The maximum atomic E-state index is 11.1. The monoisotopic (exact) mass is 257 g/mol. The minimum absolute atomic E-state index is 0.00294. The second-order valence-electron chi connectivity index (χ2n) is 2.25. The predicted molar refractivity (Wildman–Crippen MR) is 52.4 cm³/mol. The Morgan fingerprint density at radius 2 is 2.21 bits per heavy atom. The van der Waals surface area contributed by atoms with Gasteiger partial charge in [-0.2, -0.15) is 4.80 Å². The van der Waals surface area contributed by atoms with Gasteiger partial charge in [-0.25, -0.2) is 0 Å². The number of hydrogen-bond acceptors (Lipinski definition) is 4. The molecule has 9 heteroatoms. The molecule has 1 rings (SSSR count). The number of nitrogens with zero attached hydrogens (tertiary/aromatic N) is 4. The smallest absolute Gasteiger partial charge is 0.278 e. The number of amides is 1. The van der Waals surface area contributed by atoms with Crippen molar-refractivity contribution in [3.8, 4) is 0 Å². The number of carbonyl (C=O) groups excluding carboxylic acids is 1. The molecule has 0 spiro atoms. The van der Waals surface area contributed by atoms with Crippen LogP contribution in [0.3, 0.4) is 0 Å². The van der Waals surface area contributed by atoms with Gasteiger partial charge in [-0.3, -0.25) is 10.1 Å². The summed E-state index contributed by atoms with van der Waals surface area (Å²) < 4.78 is -2.03. The van der Waals surface area contributed by atoms with Gasteiger partial charge in [0.15, 0.2) is 0 Å². The molecule has 1 amide bonds. The van der Waals surface area contributed by atoms with Crippen LogP contribution in [0.15, 0.2) is 0 Å². The molecular weight excluding hydrogens is 252 g/mol. The maximum Gasteiger partial charge on any atom is 0.278 e. The molecule has 78 valence electrons. The molecule has 0 radical (unpaired) electrons. The standard InChI is InChI=1S/C5H6Cl3N5O/c1-2-13-11-4(10-12-13)9-3(14)5(6,7)8/h2H2,1H3,(H,9,11,14). The summed E-state index contributed by atoms with van der Waals surface area (Å²) >= 11 is 15.9. The fraction of sp³-hybridized carbons (Fsp3) is 0.600. The minimum Gasteiger partial charge on any atom is -0.288 e. The number of nitrogens with one attached hydrogen (secondary N) is 1. The Morgan fingerprint density at radius 1 is 1.57 bits per heavy atom. The third-order valence-electron chi connectivity index (χ3n) is 1.22. The number of aromatic nitrogens is 4. The van der Waals surface area contributed by atoms with Crippen molar-refractivity contribution in [1.29, 1.82) is 0 Å². The highest BCUT2D eigenvalue weighted by Gasteiger charge is 2.31. The van der Waals surface area contributed by atoms with E-state index in [1.807, 2.05) is 6.92 Å². The normalized spacial score (nSPS) is 11.4. The second-order valence-corrected chi connectivity index (χ2v) is 4.53. The van der Waals surface area contributed by atoms with Gasteiger partial charge in [-0.15, -0.1) is 5.10 Å². The number of anilines is 1. The van der Waals surface area contributed by atoms with Crippen LogP contribution in [-0.4, -0.2) is 29.9 Å². The summed E-state index contributed by atoms with van der Waals surface area (Å²) in [5.74, 6) is -0.818. The van der Waals surface area contributed by atoms with E-state index in [0.717, 1.165) is 0 Å². The average molecular weight is 258 g/mol. The lowest BCUT2D eigenvalue weighted by Gasteiger charge is -2.07. The van der Waals surface area contributed by atoms with Crippen LogP contribution in [0.25, 0.3) is 0 Å². The van der Waals surface area contributed by atoms with Crippen molar-refractivity contribution in [2.75, 3.05) is 5.32 Å². The van der Waals surface area contributed by atoms with Crippen LogP contribution in [0, 0.1) is 0 Å². The van der Waals surface area contributed by atoms with E-state index >= 15 is 0 Å². The van der Waals surface area contributed by atoms with Gasteiger partial charge in [0.1, 0.15) is 0 Å². The summed E-state index contributed by atoms with van der Waals surface area (Å²) in [6, 6.07) is 0. The van der Waals surface area contributed by atoms with Gasteiger partial charge in [0.2, 0.25) is 0 Å². The molecule has 0 aromatic carbocycles. The van der Waals surface area contributed by atoms with Crippen molar-refractivity contribution in [3.05, 3.63) is 0 Å². The fourth-order valence-electron chi connectivity index (χ4n) is 0.600. The molecule has 6 nitrogen and oxygen atoms in total. The lowest BCUT2D eigenvalue weighted by Crippen LogP contribution is -2.27. The summed E-state index contributed by atoms with van der Waals surface area (Å²) in [5, 5.41) is 13.1. The highest BCUT2D eigenvalue weighted by molar-refractivity contribution is 6.76. The zero-order chi connectivity index (χ0) is 10.8. The number of alkyl halides is 3. The Balaban J connectivity index is 2.65. The number of tetrazole rings is 1. The van der Waals surface area contributed by atoms with Gasteiger partial charge < -0.3 is 0 Å². The van der Waals surface area contributed by atoms with Gasteiger partial charge in [-0.05, 0) is 12.1 Å². The molecule has 0 saturated heterocycles. The second kappa shape index (κ2) is 4.29. The van der Waals surface area contributed by atoms with Gasteiger partial charge in [0, 0.05) is 0 Å². The summed E-state index contributed by atoms with van der Waals surface area (Å²) in [4.78, 5) is 12.4. The number of hydrogen-bond donors (Lipinski definition) is 1. The maximum absolute atomic E-state index is 11.1. The summed E-state index contributed by atoms with van der Waals surface area (Å²) in [7, 11) is 0. The first-order chi connectivity index (χ1) is 6.43. The summed E-state index contributed by atoms with van der Waals surface area (Å²) in [6.45, 7) is 2.36. The van der Waals surface area contributed by atoms with Crippen molar-refractivity contribution in [1.82, 2.24) is 20.2 Å². The number of carbonyl (C=O) groups is 1. The molecule has 14 heavy (non-hydrogen) atoms. The van der Waals surface area contributed by atoms with Crippen LogP contribution in [0.1, 0.15) is 6.92 Å². The van der Waals surface area contributed by atoms with Crippen LogP contribution >= 0.6 is 34.8 Å². The lowest BCUT2D eigenvalue weighted by atomic mass is 10.7. The van der Waals surface area contributed by atoms with Crippen LogP contribution in [0.2, 0.25) is 0 Å². The van der Waals surface area contributed by atoms with E-state index in [1.165, 1.54) is 4.80 Å². The van der Waals surface area contributed by atoms with Crippen LogP contribution in [0.5, 0.6) is 0 Å². The molecule has 0 aliphatic rings. The van der Waals surface area contributed by atoms with Crippen LogP contribution in [-0.2, 0) is 11.3 Å². The van der Waals surface area contributed by atoms with E-state index in [0.29, 0.717) is 6.54 Å². The van der Waals surface area contributed by atoms with Gasteiger partial charge in [0.25, 0.3) is 15.6 Å². The molecule has 0 aliphatic carbocycles. The van der Waals surface area contributed by atoms with Crippen molar-refractivity contribution in [3.63, 3.8) is 0 Å². The average Bonchev–Trinajstić information content (AvgIpc) is 2.50. The van der Waals surface area contributed by atoms with E-state index in [4.69, 9.17) is 34.8 Å². The third-order valence-corrected chi connectivity index (χ3v) is 1.73. The molecule has 1 aromatic rings. The number of aryl methyl sites for hydroxylation is 1. The molecule has 1 aromatic heterocycles. The molecule has 0 unspecified atom stereocenters. The van der Waals surface area contributed by atoms with Crippen LogP contribution in [0.4, 0.5) is 5.95 Å². The first-order valence-corrected chi connectivity index (χ1v) is 4.73. The van der Waals surface area contributed by atoms with E-state index in [1.54, 1.807) is 0 Å². The Kier molecular flexibility index (Phi) is 3.52. The van der Waals surface area contributed by atoms with Crippen molar-refractivity contribution in [2.45, 2.75) is 17.3 Å². The lowest BCUT2D eigenvalue weighted by molar-refractivity contribution is -0.115. The molecular formula is C5H6Cl3N5O. The first kappa shape index (κ1) is 11.5. The quantitative estimate of drug-likeness (QED) is 0.803. The minimum atomic E-state index is -2.03. The molecule has 0 saturated carbocycles.